The van der Waals surface area contributed by atoms with Crippen molar-refractivity contribution >= 4 is 11.9 Å². The summed E-state index contributed by atoms with van der Waals surface area (Å²) in [6.07, 6.45) is -0.246. The van der Waals surface area contributed by atoms with Gasteiger partial charge in [0.2, 0.25) is 5.91 Å². The molecule has 3 N–H and O–H groups in total. The summed E-state index contributed by atoms with van der Waals surface area (Å²) in [4.78, 5) is 24.0. The second kappa shape index (κ2) is 8.35. The first-order chi connectivity index (χ1) is 12.7. The zero-order valence-electron chi connectivity index (χ0n) is 14.4. The van der Waals surface area contributed by atoms with Crippen LogP contribution in [0.15, 0.2) is 54.6 Å². The minimum absolute atomic E-state index is 0.246. The lowest BCUT2D eigenvalue weighted by Crippen LogP contribution is -2.47. The van der Waals surface area contributed by atoms with Crippen molar-refractivity contribution in [3.05, 3.63) is 60.2 Å². The van der Waals surface area contributed by atoms with E-state index in [2.05, 4.69) is 16.0 Å². The molecular formula is C19H21N3O4. The third-order valence-corrected chi connectivity index (χ3v) is 3.98. The van der Waals surface area contributed by atoms with Crippen molar-refractivity contribution in [1.82, 2.24) is 16.0 Å². The Morgan fingerprint density at radius 1 is 1.08 bits per heavy atom. The van der Waals surface area contributed by atoms with E-state index >= 15 is 0 Å². The average molecular weight is 355 g/mol. The molecule has 0 radical (unpaired) electrons. The van der Waals surface area contributed by atoms with E-state index in [1.165, 1.54) is 7.05 Å². The molecule has 0 saturated heterocycles. The van der Waals surface area contributed by atoms with Crippen LogP contribution < -0.4 is 25.4 Å². The van der Waals surface area contributed by atoms with E-state index in [1.807, 2.05) is 54.6 Å². The lowest BCUT2D eigenvalue weighted by Gasteiger charge is -2.28. The van der Waals surface area contributed by atoms with E-state index in [0.717, 1.165) is 5.56 Å². The number of para-hydroxylation sites is 2. The first-order valence-corrected chi connectivity index (χ1v) is 8.36. The van der Waals surface area contributed by atoms with E-state index in [9.17, 15) is 9.59 Å². The van der Waals surface area contributed by atoms with Crippen molar-refractivity contribution in [2.45, 2.75) is 12.1 Å². The lowest BCUT2D eigenvalue weighted by molar-refractivity contribution is -0.122. The molecule has 0 saturated carbocycles. The predicted molar refractivity (Wildman–Crippen MR) is 96.1 cm³/mol. The van der Waals surface area contributed by atoms with Crippen LogP contribution in [0.2, 0.25) is 0 Å². The fraction of sp³-hybridized carbons (Fsp3) is 0.263. The quantitative estimate of drug-likeness (QED) is 0.758. The van der Waals surface area contributed by atoms with Gasteiger partial charge in [0.15, 0.2) is 11.5 Å². The highest BCUT2D eigenvalue weighted by atomic mass is 16.6. The highest BCUT2D eigenvalue weighted by Crippen LogP contribution is 2.30. The predicted octanol–water partition coefficient (Wildman–Crippen LogP) is 1.61. The molecule has 0 fully saturated rings. The Balaban J connectivity index is 1.66. The summed E-state index contributed by atoms with van der Waals surface area (Å²) >= 11 is 0. The molecule has 7 heteroatoms. The molecule has 3 rings (SSSR count). The van der Waals surface area contributed by atoms with E-state index < -0.39 is 18.0 Å². The van der Waals surface area contributed by atoms with E-state index in [4.69, 9.17) is 9.47 Å². The maximum atomic E-state index is 12.5. The molecule has 26 heavy (non-hydrogen) atoms. The number of imide groups is 1. The molecule has 1 heterocycles. The summed E-state index contributed by atoms with van der Waals surface area (Å²) in [6.45, 7) is 0.762. The van der Waals surface area contributed by atoms with Gasteiger partial charge < -0.3 is 14.8 Å². The standard InChI is InChI=1S/C19H21N3O4/c1-20-19(24)22-18(23)17(13-7-3-2-4-8-13)21-11-14-12-25-15-9-5-6-10-16(15)26-14/h2-10,14,17,21H,11-12H2,1H3,(H2,20,22,23,24)/t14-,17-/m0/s1. The molecule has 0 bridgehead atoms. The molecule has 7 nitrogen and oxygen atoms in total. The highest BCUT2D eigenvalue weighted by Gasteiger charge is 2.26. The normalized spacial score (nSPS) is 16.4. The Morgan fingerprint density at radius 3 is 2.50 bits per heavy atom. The summed E-state index contributed by atoms with van der Waals surface area (Å²) in [5, 5.41) is 7.85. The van der Waals surface area contributed by atoms with Crippen molar-refractivity contribution in [1.29, 1.82) is 0 Å². The first kappa shape index (κ1) is 17.8. The number of fused-ring (bicyclic) bond motifs is 1. The molecule has 1 aliphatic rings. The first-order valence-electron chi connectivity index (χ1n) is 8.36. The van der Waals surface area contributed by atoms with Crippen molar-refractivity contribution in [3.8, 4) is 11.5 Å². The summed E-state index contributed by atoms with van der Waals surface area (Å²) < 4.78 is 11.6. The summed E-state index contributed by atoms with van der Waals surface area (Å²) in [5.41, 5.74) is 0.756. The van der Waals surface area contributed by atoms with Gasteiger partial charge in [0, 0.05) is 13.6 Å². The van der Waals surface area contributed by atoms with Gasteiger partial charge in [-0.15, -0.1) is 0 Å². The highest BCUT2D eigenvalue weighted by molar-refractivity contribution is 5.97. The Bertz CT molecular complexity index is 766. The third kappa shape index (κ3) is 4.31. The fourth-order valence-electron chi connectivity index (χ4n) is 2.67. The molecule has 136 valence electrons. The Kier molecular flexibility index (Phi) is 5.70. The zero-order chi connectivity index (χ0) is 18.4. The number of rotatable bonds is 5. The number of carbonyl (C=O) groups excluding carboxylic acids is 2. The van der Waals surface area contributed by atoms with Gasteiger partial charge in [-0.2, -0.15) is 0 Å². The second-order valence-corrected chi connectivity index (χ2v) is 5.82. The number of hydrogen-bond acceptors (Lipinski definition) is 5. The van der Waals surface area contributed by atoms with Crippen LogP contribution in [0.3, 0.4) is 0 Å². The molecular weight excluding hydrogens is 334 g/mol. The number of ether oxygens (including phenoxy) is 2. The summed E-state index contributed by atoms with van der Waals surface area (Å²) in [5.74, 6) is 0.949. The Labute approximate surface area is 151 Å². The number of nitrogens with one attached hydrogen (secondary N) is 3. The number of hydrogen-bond donors (Lipinski definition) is 3. The third-order valence-electron chi connectivity index (χ3n) is 3.98. The Hall–Kier alpha value is -3.06. The van der Waals surface area contributed by atoms with Crippen LogP contribution in [0.1, 0.15) is 11.6 Å². The van der Waals surface area contributed by atoms with Gasteiger partial charge >= 0.3 is 6.03 Å². The van der Waals surface area contributed by atoms with Crippen molar-refractivity contribution in [2.75, 3.05) is 20.2 Å². The van der Waals surface area contributed by atoms with Crippen LogP contribution >= 0.6 is 0 Å². The molecule has 2 aromatic rings. The van der Waals surface area contributed by atoms with Crippen LogP contribution in [0.25, 0.3) is 0 Å². The van der Waals surface area contributed by atoms with Gasteiger partial charge in [-0.3, -0.25) is 15.4 Å². The van der Waals surface area contributed by atoms with Crippen LogP contribution in [0, 0.1) is 0 Å². The number of benzene rings is 2. The second-order valence-electron chi connectivity index (χ2n) is 5.82. The number of carbonyl (C=O) groups is 2. The zero-order valence-corrected chi connectivity index (χ0v) is 14.4. The molecule has 3 amide bonds. The SMILES string of the molecule is CNC(=O)NC(=O)[C@@H](NC[C@H]1COc2ccccc2O1)c1ccccc1. The van der Waals surface area contributed by atoms with Gasteiger partial charge in [-0.1, -0.05) is 42.5 Å². The smallest absolute Gasteiger partial charge is 0.321 e. The largest absolute Gasteiger partial charge is 0.486 e. The van der Waals surface area contributed by atoms with Crippen molar-refractivity contribution in [2.24, 2.45) is 0 Å². The van der Waals surface area contributed by atoms with Gasteiger partial charge in [0.05, 0.1) is 0 Å². The molecule has 2 atom stereocenters. The maximum Gasteiger partial charge on any atom is 0.321 e. The van der Waals surface area contributed by atoms with Crippen LogP contribution in [0.4, 0.5) is 4.79 Å². The van der Waals surface area contributed by atoms with Gasteiger partial charge in [0.25, 0.3) is 0 Å². The van der Waals surface area contributed by atoms with E-state index in [0.29, 0.717) is 24.7 Å². The Morgan fingerprint density at radius 2 is 1.77 bits per heavy atom. The molecule has 0 aliphatic carbocycles. The van der Waals surface area contributed by atoms with E-state index in [-0.39, 0.29) is 6.10 Å². The molecule has 0 unspecified atom stereocenters. The molecule has 0 spiro atoms. The minimum Gasteiger partial charge on any atom is -0.486 e. The van der Waals surface area contributed by atoms with Crippen LogP contribution in [-0.2, 0) is 4.79 Å². The number of amides is 3. The summed E-state index contributed by atoms with van der Waals surface area (Å²) in [7, 11) is 1.46. The average Bonchev–Trinajstić information content (AvgIpc) is 2.68. The van der Waals surface area contributed by atoms with Crippen LogP contribution in [-0.4, -0.2) is 38.2 Å². The maximum absolute atomic E-state index is 12.5. The minimum atomic E-state index is -0.686. The van der Waals surface area contributed by atoms with Gasteiger partial charge in [0.1, 0.15) is 18.8 Å². The van der Waals surface area contributed by atoms with Gasteiger partial charge in [-0.05, 0) is 17.7 Å². The lowest BCUT2D eigenvalue weighted by atomic mass is 10.1. The molecule has 1 aliphatic heterocycles. The molecule has 0 aromatic heterocycles. The topological polar surface area (TPSA) is 88.7 Å². The molecule has 2 aromatic carbocycles. The van der Waals surface area contributed by atoms with Crippen molar-refractivity contribution in [3.63, 3.8) is 0 Å². The summed E-state index contributed by atoms with van der Waals surface area (Å²) in [6, 6.07) is 15.4. The fourth-order valence-corrected chi connectivity index (χ4v) is 2.67. The van der Waals surface area contributed by atoms with Gasteiger partial charge in [-0.25, -0.2) is 4.79 Å². The number of urea groups is 1. The van der Waals surface area contributed by atoms with Crippen LogP contribution in [0.5, 0.6) is 11.5 Å². The van der Waals surface area contributed by atoms with E-state index in [1.54, 1.807) is 0 Å². The monoisotopic (exact) mass is 355 g/mol. The van der Waals surface area contributed by atoms with Crippen molar-refractivity contribution < 1.29 is 19.1 Å².